The fraction of sp³-hybridized carbons (Fsp3) is 1.00. The topological polar surface area (TPSA) is 29.5 Å². The van der Waals surface area contributed by atoms with Crippen molar-refractivity contribution < 1.29 is 9.84 Å². The van der Waals surface area contributed by atoms with Gasteiger partial charge in [-0.25, -0.2) is 0 Å². The maximum absolute atomic E-state index is 9.87. The first-order valence-electron chi connectivity index (χ1n) is 5.49. The molecule has 0 amide bonds. The molecular weight excluding hydrogens is 164 g/mol. The molecule has 3 atom stereocenters. The molecule has 1 aliphatic heterocycles. The highest BCUT2D eigenvalue weighted by molar-refractivity contribution is 4.74. The van der Waals surface area contributed by atoms with Gasteiger partial charge in [-0.3, -0.25) is 0 Å². The van der Waals surface area contributed by atoms with Crippen LogP contribution in [0.1, 0.15) is 39.5 Å². The Morgan fingerprint density at radius 2 is 2.31 bits per heavy atom. The second kappa shape index (κ2) is 5.61. The van der Waals surface area contributed by atoms with Crippen molar-refractivity contribution in [3.8, 4) is 0 Å². The molecule has 2 nitrogen and oxygen atoms in total. The van der Waals surface area contributed by atoms with E-state index in [9.17, 15) is 5.11 Å². The van der Waals surface area contributed by atoms with Gasteiger partial charge in [-0.2, -0.15) is 0 Å². The van der Waals surface area contributed by atoms with Gasteiger partial charge in [-0.1, -0.05) is 26.7 Å². The number of hydrogen-bond acceptors (Lipinski definition) is 2. The Balaban J connectivity index is 2.18. The minimum atomic E-state index is -0.135. The summed E-state index contributed by atoms with van der Waals surface area (Å²) in [5.41, 5.74) is 0. The first kappa shape index (κ1) is 11.0. The van der Waals surface area contributed by atoms with E-state index in [1.807, 2.05) is 0 Å². The average molecular weight is 186 g/mol. The zero-order chi connectivity index (χ0) is 9.68. The van der Waals surface area contributed by atoms with Crippen LogP contribution in [0, 0.1) is 11.8 Å². The predicted molar refractivity (Wildman–Crippen MR) is 53.6 cm³/mol. The maximum Gasteiger partial charge on any atom is 0.0593 e. The van der Waals surface area contributed by atoms with E-state index in [0.29, 0.717) is 11.8 Å². The van der Waals surface area contributed by atoms with Crippen molar-refractivity contribution in [2.45, 2.75) is 45.6 Å². The predicted octanol–water partition coefficient (Wildman–Crippen LogP) is 2.21. The van der Waals surface area contributed by atoms with Crippen LogP contribution >= 0.6 is 0 Å². The molecule has 0 aromatic rings. The Bertz CT molecular complexity index is 130. The third kappa shape index (κ3) is 3.65. The first-order valence-corrected chi connectivity index (χ1v) is 5.49. The second-order valence-electron chi connectivity index (χ2n) is 4.32. The van der Waals surface area contributed by atoms with Crippen LogP contribution in [0.2, 0.25) is 0 Å². The zero-order valence-electron chi connectivity index (χ0n) is 8.83. The standard InChI is InChI=1S/C11H22O2/c1-3-4-9(2)7-11(12)10-5-6-13-8-10/h9-12H,3-8H2,1-2H3. The van der Waals surface area contributed by atoms with Gasteiger partial charge in [0.15, 0.2) is 0 Å². The lowest BCUT2D eigenvalue weighted by molar-refractivity contribution is 0.0716. The summed E-state index contributed by atoms with van der Waals surface area (Å²) in [4.78, 5) is 0. The van der Waals surface area contributed by atoms with Crippen LogP contribution in [-0.2, 0) is 4.74 Å². The quantitative estimate of drug-likeness (QED) is 0.713. The van der Waals surface area contributed by atoms with Gasteiger partial charge in [-0.05, 0) is 18.8 Å². The molecule has 0 spiro atoms. The molecule has 0 aromatic carbocycles. The molecule has 1 fully saturated rings. The van der Waals surface area contributed by atoms with Gasteiger partial charge >= 0.3 is 0 Å². The first-order chi connectivity index (χ1) is 6.24. The summed E-state index contributed by atoms with van der Waals surface area (Å²) in [6.07, 6.45) is 4.30. The zero-order valence-corrected chi connectivity index (χ0v) is 8.83. The second-order valence-corrected chi connectivity index (χ2v) is 4.32. The molecule has 0 bridgehead atoms. The van der Waals surface area contributed by atoms with Gasteiger partial charge in [-0.15, -0.1) is 0 Å². The molecule has 1 rings (SSSR count). The van der Waals surface area contributed by atoms with E-state index >= 15 is 0 Å². The highest BCUT2D eigenvalue weighted by atomic mass is 16.5. The van der Waals surface area contributed by atoms with Crippen molar-refractivity contribution >= 4 is 0 Å². The highest BCUT2D eigenvalue weighted by Gasteiger charge is 2.24. The van der Waals surface area contributed by atoms with Crippen LogP contribution in [0.4, 0.5) is 0 Å². The lowest BCUT2D eigenvalue weighted by atomic mass is 9.91. The highest BCUT2D eigenvalue weighted by Crippen LogP contribution is 2.23. The summed E-state index contributed by atoms with van der Waals surface area (Å²) in [5.74, 6) is 1.06. The lowest BCUT2D eigenvalue weighted by Gasteiger charge is -2.20. The summed E-state index contributed by atoms with van der Waals surface area (Å²) >= 11 is 0. The molecule has 0 aliphatic carbocycles. The molecule has 1 N–H and O–H groups in total. The lowest BCUT2D eigenvalue weighted by Crippen LogP contribution is -2.22. The molecule has 0 aromatic heterocycles. The molecule has 1 heterocycles. The molecule has 1 saturated heterocycles. The smallest absolute Gasteiger partial charge is 0.0593 e. The number of aliphatic hydroxyl groups excluding tert-OH is 1. The van der Waals surface area contributed by atoms with E-state index in [4.69, 9.17) is 4.74 Å². The molecule has 3 unspecified atom stereocenters. The van der Waals surface area contributed by atoms with E-state index in [1.54, 1.807) is 0 Å². The summed E-state index contributed by atoms with van der Waals surface area (Å²) in [6.45, 7) is 6.02. The largest absolute Gasteiger partial charge is 0.393 e. The molecular formula is C11H22O2. The summed E-state index contributed by atoms with van der Waals surface area (Å²) in [6, 6.07) is 0. The number of ether oxygens (including phenoxy) is 1. The van der Waals surface area contributed by atoms with Crippen LogP contribution in [0.15, 0.2) is 0 Å². The van der Waals surface area contributed by atoms with Gasteiger partial charge in [0.05, 0.1) is 12.7 Å². The minimum Gasteiger partial charge on any atom is -0.393 e. The number of hydrogen-bond donors (Lipinski definition) is 1. The van der Waals surface area contributed by atoms with Crippen LogP contribution < -0.4 is 0 Å². The van der Waals surface area contributed by atoms with E-state index in [2.05, 4.69) is 13.8 Å². The normalized spacial score (nSPS) is 27.5. The van der Waals surface area contributed by atoms with Crippen molar-refractivity contribution in [3.05, 3.63) is 0 Å². The van der Waals surface area contributed by atoms with E-state index in [0.717, 1.165) is 26.1 Å². The van der Waals surface area contributed by atoms with Gasteiger partial charge in [0, 0.05) is 12.5 Å². The monoisotopic (exact) mass is 186 g/mol. The molecule has 1 aliphatic rings. The van der Waals surface area contributed by atoms with Crippen molar-refractivity contribution in [1.82, 2.24) is 0 Å². The van der Waals surface area contributed by atoms with Crippen LogP contribution in [0.3, 0.4) is 0 Å². The van der Waals surface area contributed by atoms with Crippen LogP contribution in [0.5, 0.6) is 0 Å². The van der Waals surface area contributed by atoms with Crippen molar-refractivity contribution in [2.24, 2.45) is 11.8 Å². The fourth-order valence-corrected chi connectivity index (χ4v) is 2.07. The third-order valence-corrected chi connectivity index (χ3v) is 2.93. The Morgan fingerprint density at radius 1 is 1.54 bits per heavy atom. The van der Waals surface area contributed by atoms with Crippen LogP contribution in [-0.4, -0.2) is 24.4 Å². The van der Waals surface area contributed by atoms with E-state index in [1.165, 1.54) is 12.8 Å². The Kier molecular flexibility index (Phi) is 4.74. The molecule has 2 heteroatoms. The van der Waals surface area contributed by atoms with E-state index in [-0.39, 0.29) is 6.10 Å². The summed E-state index contributed by atoms with van der Waals surface area (Å²) < 4.78 is 5.26. The Morgan fingerprint density at radius 3 is 2.85 bits per heavy atom. The maximum atomic E-state index is 9.87. The van der Waals surface area contributed by atoms with E-state index < -0.39 is 0 Å². The van der Waals surface area contributed by atoms with Gasteiger partial charge < -0.3 is 9.84 Å². The summed E-state index contributed by atoms with van der Waals surface area (Å²) in [7, 11) is 0. The van der Waals surface area contributed by atoms with Crippen molar-refractivity contribution in [1.29, 1.82) is 0 Å². The molecule has 0 radical (unpaired) electrons. The number of rotatable bonds is 5. The van der Waals surface area contributed by atoms with Crippen molar-refractivity contribution in [2.75, 3.05) is 13.2 Å². The Hall–Kier alpha value is -0.0800. The van der Waals surface area contributed by atoms with Gasteiger partial charge in [0.2, 0.25) is 0 Å². The number of aliphatic hydroxyl groups is 1. The fourth-order valence-electron chi connectivity index (χ4n) is 2.07. The Labute approximate surface area is 81.3 Å². The minimum absolute atomic E-state index is 0.135. The van der Waals surface area contributed by atoms with Gasteiger partial charge in [0.1, 0.15) is 0 Å². The third-order valence-electron chi connectivity index (χ3n) is 2.93. The summed E-state index contributed by atoms with van der Waals surface area (Å²) in [5, 5.41) is 9.87. The van der Waals surface area contributed by atoms with Crippen molar-refractivity contribution in [3.63, 3.8) is 0 Å². The average Bonchev–Trinajstić information content (AvgIpc) is 2.55. The van der Waals surface area contributed by atoms with Gasteiger partial charge in [0.25, 0.3) is 0 Å². The molecule has 78 valence electrons. The molecule has 0 saturated carbocycles. The van der Waals surface area contributed by atoms with Crippen LogP contribution in [0.25, 0.3) is 0 Å². The molecule has 13 heavy (non-hydrogen) atoms. The SMILES string of the molecule is CCCC(C)CC(O)C1CCOC1.